The van der Waals surface area contributed by atoms with Gasteiger partial charge in [-0.15, -0.1) is 0 Å². The quantitative estimate of drug-likeness (QED) is 0.502. The molecular formula is C26H25NO. The molecule has 0 saturated carbocycles. The first-order valence-corrected chi connectivity index (χ1v) is 9.86. The Bertz CT molecular complexity index is 851. The molecule has 2 atom stereocenters. The smallest absolute Gasteiger partial charge is 0.156 e. The van der Waals surface area contributed by atoms with Crippen molar-refractivity contribution < 1.29 is 4.79 Å². The van der Waals surface area contributed by atoms with Gasteiger partial charge in [-0.2, -0.15) is 0 Å². The first kappa shape index (κ1) is 18.4. The minimum atomic E-state index is -0.602. The van der Waals surface area contributed by atoms with Crippen molar-refractivity contribution in [1.29, 1.82) is 0 Å². The van der Waals surface area contributed by atoms with Gasteiger partial charge in [0.15, 0.2) is 5.78 Å². The van der Waals surface area contributed by atoms with Crippen molar-refractivity contribution in [2.75, 3.05) is 0 Å². The van der Waals surface area contributed by atoms with Crippen molar-refractivity contribution in [2.45, 2.75) is 24.9 Å². The molecule has 1 aliphatic rings. The van der Waals surface area contributed by atoms with Crippen LogP contribution in [0.5, 0.6) is 0 Å². The number of hydrogen-bond donors (Lipinski definition) is 1. The Kier molecular flexibility index (Phi) is 5.23. The standard InChI is InChI=1S/C26H25NO/c1-20-12-11-19-24(25(20)28)27-26(21-13-5-2-6-14-21,22-15-7-3-8-16-22)23-17-9-4-10-18-23/h2-18,20,24,27H,19H2,1H3. The molecule has 0 saturated heterocycles. The fourth-order valence-electron chi connectivity index (χ4n) is 4.15. The molecule has 0 spiro atoms. The minimum Gasteiger partial charge on any atom is -0.297 e. The average Bonchev–Trinajstić information content (AvgIpc) is 2.77. The summed E-state index contributed by atoms with van der Waals surface area (Å²) in [5, 5.41) is 3.80. The highest BCUT2D eigenvalue weighted by molar-refractivity contribution is 5.89. The molecule has 0 aromatic heterocycles. The number of ketones is 1. The number of carbonyl (C=O) groups excluding carboxylic acids is 1. The number of Topliss-reactive ketones (excluding diaryl/α,β-unsaturated/α-hetero) is 1. The van der Waals surface area contributed by atoms with E-state index in [-0.39, 0.29) is 17.7 Å². The molecule has 2 unspecified atom stereocenters. The van der Waals surface area contributed by atoms with E-state index >= 15 is 0 Å². The van der Waals surface area contributed by atoms with Gasteiger partial charge in [0.1, 0.15) is 0 Å². The average molecular weight is 367 g/mol. The fourth-order valence-corrected chi connectivity index (χ4v) is 4.15. The highest BCUT2D eigenvalue weighted by Crippen LogP contribution is 2.38. The predicted octanol–water partition coefficient (Wildman–Crippen LogP) is 5.10. The number of allylic oxidation sites excluding steroid dienone is 1. The van der Waals surface area contributed by atoms with E-state index in [2.05, 4.69) is 84.2 Å². The molecule has 0 heterocycles. The Morgan fingerprint density at radius 1 is 0.750 bits per heavy atom. The number of carbonyl (C=O) groups is 1. The highest BCUT2D eigenvalue weighted by atomic mass is 16.1. The van der Waals surface area contributed by atoms with E-state index in [1.54, 1.807) is 0 Å². The maximum Gasteiger partial charge on any atom is 0.156 e. The van der Waals surface area contributed by atoms with Crippen molar-refractivity contribution >= 4 is 5.78 Å². The summed E-state index contributed by atoms with van der Waals surface area (Å²) in [6, 6.07) is 31.0. The molecule has 0 fully saturated rings. The SMILES string of the molecule is CC1C=CCC(NC(c2ccccc2)(c2ccccc2)c2ccccc2)C1=O. The summed E-state index contributed by atoms with van der Waals surface area (Å²) in [6.45, 7) is 1.97. The molecule has 0 bridgehead atoms. The van der Waals surface area contributed by atoms with E-state index in [0.717, 1.165) is 16.7 Å². The third-order valence-electron chi connectivity index (χ3n) is 5.60. The van der Waals surface area contributed by atoms with Crippen LogP contribution in [0, 0.1) is 5.92 Å². The normalized spacial score (nSPS) is 19.5. The molecule has 4 rings (SSSR count). The van der Waals surface area contributed by atoms with Crippen LogP contribution >= 0.6 is 0 Å². The van der Waals surface area contributed by atoms with Gasteiger partial charge in [0.2, 0.25) is 0 Å². The number of nitrogens with one attached hydrogen (secondary N) is 1. The van der Waals surface area contributed by atoms with Gasteiger partial charge in [-0.3, -0.25) is 10.1 Å². The second kappa shape index (κ2) is 7.95. The van der Waals surface area contributed by atoms with E-state index in [4.69, 9.17) is 0 Å². The van der Waals surface area contributed by atoms with Crippen molar-refractivity contribution in [3.05, 3.63) is 120 Å². The lowest BCUT2D eigenvalue weighted by atomic mass is 9.75. The Labute approximate surface area is 166 Å². The summed E-state index contributed by atoms with van der Waals surface area (Å²) in [6.07, 6.45) is 4.84. The van der Waals surface area contributed by atoms with Crippen molar-refractivity contribution in [3.63, 3.8) is 0 Å². The molecule has 3 aromatic carbocycles. The van der Waals surface area contributed by atoms with Gasteiger partial charge in [-0.05, 0) is 23.1 Å². The topological polar surface area (TPSA) is 29.1 Å². The van der Waals surface area contributed by atoms with Crippen LogP contribution in [0.1, 0.15) is 30.0 Å². The first-order valence-electron chi connectivity index (χ1n) is 9.86. The Hall–Kier alpha value is -2.97. The lowest BCUT2D eigenvalue weighted by molar-refractivity contribution is -0.123. The summed E-state index contributed by atoms with van der Waals surface area (Å²) in [5.74, 6) is 0.181. The highest BCUT2D eigenvalue weighted by Gasteiger charge is 2.40. The van der Waals surface area contributed by atoms with E-state index in [0.29, 0.717) is 6.42 Å². The largest absolute Gasteiger partial charge is 0.297 e. The minimum absolute atomic E-state index is 0.0636. The summed E-state index contributed by atoms with van der Waals surface area (Å²) < 4.78 is 0. The molecule has 140 valence electrons. The van der Waals surface area contributed by atoms with Crippen LogP contribution < -0.4 is 5.32 Å². The molecule has 0 amide bonds. The summed E-state index contributed by atoms with van der Waals surface area (Å²) in [7, 11) is 0. The van der Waals surface area contributed by atoms with Crippen LogP contribution in [0.25, 0.3) is 0 Å². The Balaban J connectivity index is 1.93. The third-order valence-corrected chi connectivity index (χ3v) is 5.60. The summed E-state index contributed by atoms with van der Waals surface area (Å²) in [5.41, 5.74) is 2.78. The molecule has 0 radical (unpaired) electrons. The Morgan fingerprint density at radius 3 is 1.61 bits per heavy atom. The van der Waals surface area contributed by atoms with Crippen LogP contribution in [-0.2, 0) is 10.3 Å². The molecule has 1 N–H and O–H groups in total. The first-order chi connectivity index (χ1) is 13.7. The summed E-state index contributed by atoms with van der Waals surface area (Å²) >= 11 is 0. The van der Waals surface area contributed by atoms with Crippen LogP contribution in [0.3, 0.4) is 0 Å². The van der Waals surface area contributed by atoms with Crippen LogP contribution in [-0.4, -0.2) is 11.8 Å². The van der Waals surface area contributed by atoms with Gasteiger partial charge < -0.3 is 0 Å². The lowest BCUT2D eigenvalue weighted by Gasteiger charge is -2.40. The molecule has 2 nitrogen and oxygen atoms in total. The van der Waals surface area contributed by atoms with Gasteiger partial charge in [0, 0.05) is 5.92 Å². The third kappa shape index (κ3) is 3.32. The van der Waals surface area contributed by atoms with Gasteiger partial charge in [-0.25, -0.2) is 0 Å². The van der Waals surface area contributed by atoms with Gasteiger partial charge in [0.25, 0.3) is 0 Å². The van der Waals surface area contributed by atoms with Gasteiger partial charge in [0.05, 0.1) is 11.6 Å². The molecule has 3 aromatic rings. The van der Waals surface area contributed by atoms with E-state index in [9.17, 15) is 4.79 Å². The predicted molar refractivity (Wildman–Crippen MR) is 114 cm³/mol. The molecule has 2 heteroatoms. The maximum atomic E-state index is 13.0. The zero-order valence-electron chi connectivity index (χ0n) is 16.1. The summed E-state index contributed by atoms with van der Waals surface area (Å²) in [4.78, 5) is 13.0. The fraction of sp³-hybridized carbons (Fsp3) is 0.192. The van der Waals surface area contributed by atoms with Crippen LogP contribution in [0.4, 0.5) is 0 Å². The number of rotatable bonds is 5. The van der Waals surface area contributed by atoms with E-state index < -0.39 is 5.54 Å². The zero-order chi connectivity index (χ0) is 19.4. The maximum absolute atomic E-state index is 13.0. The molecule has 0 aliphatic heterocycles. The number of benzene rings is 3. The van der Waals surface area contributed by atoms with Gasteiger partial charge in [-0.1, -0.05) is 110 Å². The Morgan fingerprint density at radius 2 is 1.18 bits per heavy atom. The molecule has 1 aliphatic carbocycles. The van der Waals surface area contributed by atoms with Crippen LogP contribution in [0.2, 0.25) is 0 Å². The van der Waals surface area contributed by atoms with E-state index in [1.807, 2.05) is 31.2 Å². The van der Waals surface area contributed by atoms with Crippen LogP contribution in [0.15, 0.2) is 103 Å². The monoisotopic (exact) mass is 367 g/mol. The van der Waals surface area contributed by atoms with Crippen molar-refractivity contribution in [3.8, 4) is 0 Å². The number of hydrogen-bond acceptors (Lipinski definition) is 2. The van der Waals surface area contributed by atoms with Crippen molar-refractivity contribution in [2.24, 2.45) is 5.92 Å². The molecular weight excluding hydrogens is 342 g/mol. The van der Waals surface area contributed by atoms with E-state index in [1.165, 1.54) is 0 Å². The second-order valence-electron chi connectivity index (χ2n) is 7.40. The zero-order valence-corrected chi connectivity index (χ0v) is 16.1. The van der Waals surface area contributed by atoms with Gasteiger partial charge >= 0.3 is 0 Å². The molecule has 28 heavy (non-hydrogen) atoms. The van der Waals surface area contributed by atoms with Crippen molar-refractivity contribution in [1.82, 2.24) is 5.32 Å². The lowest BCUT2D eigenvalue weighted by Crippen LogP contribution is -2.53. The second-order valence-corrected chi connectivity index (χ2v) is 7.40.